The smallest absolute Gasteiger partial charge is 0.161 e. The Morgan fingerprint density at radius 3 is 2.32 bits per heavy atom. The van der Waals surface area contributed by atoms with Crippen molar-refractivity contribution in [2.45, 2.75) is 32.4 Å². The lowest BCUT2D eigenvalue weighted by Gasteiger charge is -2.33. The average molecular weight is 272 g/mol. The standard InChI is InChI=1S/C14H19F3N2/c1-9(18)10-2-4-19(5-3-10)8-11-6-13(16)14(17)7-12(11)15/h6-7,9-10H,2-5,8,18H2,1H3. The van der Waals surface area contributed by atoms with Crippen LogP contribution < -0.4 is 5.73 Å². The van der Waals surface area contributed by atoms with Crippen LogP contribution in [0.3, 0.4) is 0 Å². The first kappa shape index (κ1) is 14.3. The maximum atomic E-state index is 13.5. The van der Waals surface area contributed by atoms with Crippen LogP contribution in [0.25, 0.3) is 0 Å². The van der Waals surface area contributed by atoms with Crippen LogP contribution in [0.2, 0.25) is 0 Å². The summed E-state index contributed by atoms with van der Waals surface area (Å²) in [6.07, 6.45) is 1.92. The summed E-state index contributed by atoms with van der Waals surface area (Å²) in [6.45, 7) is 3.93. The fourth-order valence-corrected chi connectivity index (χ4v) is 2.56. The predicted molar refractivity (Wildman–Crippen MR) is 68.0 cm³/mol. The molecule has 106 valence electrons. The minimum atomic E-state index is -1.14. The normalized spacial score (nSPS) is 19.6. The fourth-order valence-electron chi connectivity index (χ4n) is 2.56. The highest BCUT2D eigenvalue weighted by Gasteiger charge is 2.22. The van der Waals surface area contributed by atoms with Gasteiger partial charge in [0.25, 0.3) is 0 Å². The number of nitrogens with two attached hydrogens (primary N) is 1. The van der Waals surface area contributed by atoms with E-state index in [4.69, 9.17) is 5.73 Å². The molecule has 5 heteroatoms. The first-order chi connectivity index (χ1) is 8.97. The van der Waals surface area contributed by atoms with Gasteiger partial charge in [0, 0.05) is 24.2 Å². The second kappa shape index (κ2) is 5.92. The third-order valence-electron chi connectivity index (χ3n) is 3.86. The van der Waals surface area contributed by atoms with Gasteiger partial charge < -0.3 is 5.73 Å². The van der Waals surface area contributed by atoms with Crippen molar-refractivity contribution in [3.63, 3.8) is 0 Å². The molecule has 0 bridgehead atoms. The number of nitrogens with zero attached hydrogens (tertiary/aromatic N) is 1. The van der Waals surface area contributed by atoms with Crippen molar-refractivity contribution in [3.05, 3.63) is 35.1 Å². The predicted octanol–water partition coefficient (Wildman–Crippen LogP) is 2.66. The monoisotopic (exact) mass is 272 g/mol. The number of likely N-dealkylation sites (tertiary alicyclic amines) is 1. The molecule has 1 saturated heterocycles. The van der Waals surface area contributed by atoms with E-state index in [9.17, 15) is 13.2 Å². The first-order valence-electron chi connectivity index (χ1n) is 6.58. The van der Waals surface area contributed by atoms with Crippen LogP contribution >= 0.6 is 0 Å². The third-order valence-corrected chi connectivity index (χ3v) is 3.86. The molecule has 1 unspecified atom stereocenters. The molecule has 1 atom stereocenters. The topological polar surface area (TPSA) is 29.3 Å². The van der Waals surface area contributed by atoms with Gasteiger partial charge in [0.1, 0.15) is 5.82 Å². The molecule has 2 nitrogen and oxygen atoms in total. The SMILES string of the molecule is CC(N)C1CCN(Cc2cc(F)c(F)cc2F)CC1. The Bertz CT molecular complexity index is 441. The van der Waals surface area contributed by atoms with Gasteiger partial charge in [-0.25, -0.2) is 13.2 Å². The Hall–Kier alpha value is -1.07. The van der Waals surface area contributed by atoms with Crippen molar-refractivity contribution in [3.8, 4) is 0 Å². The van der Waals surface area contributed by atoms with Crippen molar-refractivity contribution >= 4 is 0 Å². The van der Waals surface area contributed by atoms with Crippen molar-refractivity contribution in [1.82, 2.24) is 4.90 Å². The number of halogens is 3. The van der Waals surface area contributed by atoms with Crippen LogP contribution in [0.4, 0.5) is 13.2 Å². The molecule has 1 aromatic rings. The van der Waals surface area contributed by atoms with Crippen molar-refractivity contribution in [1.29, 1.82) is 0 Å². The molecule has 1 heterocycles. The van der Waals surface area contributed by atoms with Crippen LogP contribution in [-0.4, -0.2) is 24.0 Å². The summed E-state index contributed by atoms with van der Waals surface area (Å²) in [4.78, 5) is 2.05. The van der Waals surface area contributed by atoms with Crippen LogP contribution in [0.1, 0.15) is 25.3 Å². The lowest BCUT2D eigenvalue weighted by atomic mass is 9.91. The third kappa shape index (κ3) is 3.48. The molecule has 0 aromatic heterocycles. The molecule has 0 amide bonds. The summed E-state index contributed by atoms with van der Waals surface area (Å²) in [5.41, 5.74) is 6.06. The zero-order valence-corrected chi connectivity index (χ0v) is 11.0. The van der Waals surface area contributed by atoms with Gasteiger partial charge in [0.2, 0.25) is 0 Å². The first-order valence-corrected chi connectivity index (χ1v) is 6.58. The van der Waals surface area contributed by atoms with Gasteiger partial charge in [-0.3, -0.25) is 4.90 Å². The van der Waals surface area contributed by atoms with Gasteiger partial charge >= 0.3 is 0 Å². The zero-order valence-electron chi connectivity index (χ0n) is 11.0. The minimum Gasteiger partial charge on any atom is -0.328 e. The highest BCUT2D eigenvalue weighted by Crippen LogP contribution is 2.22. The van der Waals surface area contributed by atoms with Gasteiger partial charge in [0.15, 0.2) is 11.6 Å². The lowest BCUT2D eigenvalue weighted by Crippen LogP contribution is -2.39. The largest absolute Gasteiger partial charge is 0.328 e. The Morgan fingerprint density at radius 1 is 1.16 bits per heavy atom. The maximum absolute atomic E-state index is 13.5. The Kier molecular flexibility index (Phi) is 4.47. The number of hydrogen-bond donors (Lipinski definition) is 1. The molecule has 1 aliphatic rings. The summed E-state index contributed by atoms with van der Waals surface area (Å²) in [5, 5.41) is 0. The van der Waals surface area contributed by atoms with E-state index >= 15 is 0 Å². The average Bonchev–Trinajstić information content (AvgIpc) is 2.36. The van der Waals surface area contributed by atoms with E-state index in [0.29, 0.717) is 18.5 Å². The summed E-state index contributed by atoms with van der Waals surface area (Å²) >= 11 is 0. The molecule has 0 spiro atoms. The van der Waals surface area contributed by atoms with Crippen LogP contribution in [0.15, 0.2) is 12.1 Å². The highest BCUT2D eigenvalue weighted by molar-refractivity contribution is 5.20. The van der Waals surface area contributed by atoms with E-state index in [1.54, 1.807) is 0 Å². The molecule has 2 rings (SSSR count). The molecule has 0 saturated carbocycles. The molecule has 1 aliphatic heterocycles. The molecular weight excluding hydrogens is 253 g/mol. The Morgan fingerprint density at radius 2 is 1.74 bits per heavy atom. The fraction of sp³-hybridized carbons (Fsp3) is 0.571. The molecular formula is C14H19F3N2. The number of hydrogen-bond acceptors (Lipinski definition) is 2. The van der Waals surface area contributed by atoms with E-state index in [1.807, 2.05) is 6.92 Å². The van der Waals surface area contributed by atoms with Gasteiger partial charge in [-0.05, 0) is 44.8 Å². The lowest BCUT2D eigenvalue weighted by molar-refractivity contribution is 0.164. The van der Waals surface area contributed by atoms with E-state index in [-0.39, 0.29) is 11.6 Å². The van der Waals surface area contributed by atoms with Crippen LogP contribution in [-0.2, 0) is 6.54 Å². The molecule has 1 aromatic carbocycles. The van der Waals surface area contributed by atoms with Crippen molar-refractivity contribution < 1.29 is 13.2 Å². The number of rotatable bonds is 3. The molecule has 19 heavy (non-hydrogen) atoms. The van der Waals surface area contributed by atoms with E-state index in [2.05, 4.69) is 4.90 Å². The van der Waals surface area contributed by atoms with Crippen molar-refractivity contribution in [2.75, 3.05) is 13.1 Å². The number of benzene rings is 1. The van der Waals surface area contributed by atoms with Gasteiger partial charge in [-0.15, -0.1) is 0 Å². The highest BCUT2D eigenvalue weighted by atomic mass is 19.2. The van der Waals surface area contributed by atoms with Gasteiger partial charge in [-0.2, -0.15) is 0 Å². The van der Waals surface area contributed by atoms with Gasteiger partial charge in [0.05, 0.1) is 0 Å². The van der Waals surface area contributed by atoms with E-state index in [1.165, 1.54) is 0 Å². The van der Waals surface area contributed by atoms with Crippen LogP contribution in [0.5, 0.6) is 0 Å². The summed E-state index contributed by atoms with van der Waals surface area (Å²) < 4.78 is 39.5. The van der Waals surface area contributed by atoms with E-state index < -0.39 is 17.5 Å². The van der Waals surface area contributed by atoms with E-state index in [0.717, 1.165) is 32.0 Å². The maximum Gasteiger partial charge on any atom is 0.161 e. The van der Waals surface area contributed by atoms with Gasteiger partial charge in [-0.1, -0.05) is 0 Å². The van der Waals surface area contributed by atoms with Crippen molar-refractivity contribution in [2.24, 2.45) is 11.7 Å². The summed E-state index contributed by atoms with van der Waals surface area (Å²) in [6, 6.07) is 1.73. The molecule has 2 N–H and O–H groups in total. The quantitative estimate of drug-likeness (QED) is 0.857. The molecule has 0 aliphatic carbocycles. The Labute approximate surface area is 111 Å². The van der Waals surface area contributed by atoms with Crippen LogP contribution in [0, 0.1) is 23.4 Å². The second-order valence-corrected chi connectivity index (χ2v) is 5.33. The second-order valence-electron chi connectivity index (χ2n) is 5.33. The summed E-state index contributed by atoms with van der Waals surface area (Å²) in [5.74, 6) is -2.34. The minimum absolute atomic E-state index is 0.169. The zero-order chi connectivity index (χ0) is 14.0. The molecule has 0 radical (unpaired) electrons. The number of piperidine rings is 1. The molecule has 1 fully saturated rings. The Balaban J connectivity index is 1.98. The summed E-state index contributed by atoms with van der Waals surface area (Å²) in [7, 11) is 0.